The van der Waals surface area contributed by atoms with E-state index in [2.05, 4.69) is 5.32 Å². The summed E-state index contributed by atoms with van der Waals surface area (Å²) in [5, 5.41) is 40.2. The Kier molecular flexibility index (Phi) is 11.1. The van der Waals surface area contributed by atoms with Gasteiger partial charge in [0.15, 0.2) is 29.2 Å². The van der Waals surface area contributed by atoms with Crippen LogP contribution >= 0.6 is 0 Å². The fourth-order valence-electron chi connectivity index (χ4n) is 10.2. The fourth-order valence-corrected chi connectivity index (χ4v) is 10.2. The summed E-state index contributed by atoms with van der Waals surface area (Å²) in [4.78, 5) is 83.3. The zero-order valence-electron chi connectivity index (χ0n) is 35.3. The van der Waals surface area contributed by atoms with E-state index in [1.807, 2.05) is 0 Å². The molecule has 2 bridgehead atoms. The summed E-state index contributed by atoms with van der Waals surface area (Å²) >= 11 is 0. The molecule has 0 aromatic heterocycles. The third kappa shape index (κ3) is 6.96. The first-order valence-corrected chi connectivity index (χ1v) is 20.4. The predicted molar refractivity (Wildman–Crippen MR) is 211 cm³/mol. The molecule has 61 heavy (non-hydrogen) atoms. The molecule has 2 heterocycles. The number of fused-ring (bicyclic) bond motifs is 5. The van der Waals surface area contributed by atoms with Crippen molar-refractivity contribution in [1.29, 1.82) is 0 Å². The largest absolute Gasteiger partial charge is 0.456 e. The number of nitrogens with one attached hydrogen (secondary N) is 1. The van der Waals surface area contributed by atoms with Crippen LogP contribution in [0, 0.1) is 16.7 Å². The van der Waals surface area contributed by atoms with Gasteiger partial charge in [0.05, 0.1) is 41.8 Å². The highest BCUT2D eigenvalue weighted by atomic mass is 16.6. The lowest BCUT2D eigenvalue weighted by molar-refractivity contribution is -0.346. The number of esters is 4. The minimum absolute atomic E-state index is 0.00407. The van der Waals surface area contributed by atoms with E-state index in [1.54, 1.807) is 76.2 Å². The zero-order chi connectivity index (χ0) is 44.6. The second-order valence-corrected chi connectivity index (χ2v) is 17.9. The van der Waals surface area contributed by atoms with Gasteiger partial charge in [-0.3, -0.25) is 19.2 Å². The highest BCUT2D eigenvalue weighted by Gasteiger charge is 2.78. The van der Waals surface area contributed by atoms with Gasteiger partial charge in [-0.1, -0.05) is 62.4 Å². The third-order valence-corrected chi connectivity index (χ3v) is 14.0. The maximum atomic E-state index is 15.5. The topological polar surface area (TPSA) is 234 Å². The number of aliphatic hydroxyl groups excluding tert-OH is 2. The predicted octanol–water partition coefficient (Wildman–Crippen LogP) is 2.60. The van der Waals surface area contributed by atoms with Gasteiger partial charge in [-0.25, -0.2) is 9.59 Å². The Morgan fingerprint density at radius 3 is 2.05 bits per heavy atom. The minimum Gasteiger partial charge on any atom is -0.456 e. The number of hydrogen-bond acceptors (Lipinski definition) is 15. The van der Waals surface area contributed by atoms with Crippen molar-refractivity contribution in [3.8, 4) is 0 Å². The Morgan fingerprint density at radius 2 is 1.51 bits per heavy atom. The number of Topliss-reactive ketones (excluding diaryl/α,β-unsaturated/α-hetero) is 1. The van der Waals surface area contributed by atoms with E-state index in [0.29, 0.717) is 5.56 Å². The first kappa shape index (κ1) is 44.1. The maximum Gasteiger partial charge on any atom is 0.338 e. The van der Waals surface area contributed by atoms with E-state index in [0.717, 1.165) is 13.8 Å². The average Bonchev–Trinajstić information content (AvgIpc) is 3.84. The van der Waals surface area contributed by atoms with E-state index in [1.165, 1.54) is 26.0 Å². The molecule has 4 N–H and O–H groups in total. The Hall–Kier alpha value is -5.00. The molecule has 0 radical (unpaired) electrons. The lowest BCUT2D eigenvalue weighted by Gasteiger charge is -2.67. The van der Waals surface area contributed by atoms with E-state index >= 15 is 4.79 Å². The van der Waals surface area contributed by atoms with Crippen molar-refractivity contribution in [3.63, 3.8) is 0 Å². The van der Waals surface area contributed by atoms with E-state index in [-0.39, 0.29) is 29.7 Å². The molecular formula is C45H53NO15. The second kappa shape index (κ2) is 15.4. The Morgan fingerprint density at radius 1 is 0.902 bits per heavy atom. The molecule has 0 spiro atoms. The van der Waals surface area contributed by atoms with Gasteiger partial charge >= 0.3 is 23.9 Å². The van der Waals surface area contributed by atoms with Crippen molar-refractivity contribution in [2.45, 2.75) is 134 Å². The SMILES string of the molecule is CC(=O)O[C@H]1C(=O)[C@@]2(C)[C@H]([C@H](OC(=O)c3ccccc3)[C@]3(O)C[C@H](OC(=O)[C@H](O)[C@@H](NC(=O)C4(C)OC4C)c4ccccc4)C(C)=C1C3(C)C)[C@]1(OC(C)=O)CO[C@@H]1C[C@@H]2O. The highest BCUT2D eigenvalue weighted by Crippen LogP contribution is 2.64. The van der Waals surface area contributed by atoms with Gasteiger partial charge < -0.3 is 49.1 Å². The number of hydrogen-bond donors (Lipinski definition) is 4. The summed E-state index contributed by atoms with van der Waals surface area (Å²) in [7, 11) is 0. The quantitative estimate of drug-likeness (QED) is 0.117. The average molecular weight is 848 g/mol. The Bertz CT molecular complexity index is 2160. The van der Waals surface area contributed by atoms with E-state index in [9.17, 15) is 39.3 Å². The van der Waals surface area contributed by atoms with Crippen molar-refractivity contribution < 1.29 is 72.5 Å². The summed E-state index contributed by atoms with van der Waals surface area (Å²) in [6.45, 7) is 11.2. The Balaban J connectivity index is 1.39. The smallest absolute Gasteiger partial charge is 0.338 e. The second-order valence-electron chi connectivity index (χ2n) is 17.9. The molecule has 16 nitrogen and oxygen atoms in total. The lowest BCUT2D eigenvalue weighted by Crippen LogP contribution is -2.82. The molecule has 13 atom stereocenters. The first-order chi connectivity index (χ1) is 28.5. The van der Waals surface area contributed by atoms with Crippen LogP contribution in [0.3, 0.4) is 0 Å². The molecular weight excluding hydrogens is 794 g/mol. The molecule has 7 rings (SSSR count). The molecule has 2 saturated heterocycles. The van der Waals surface area contributed by atoms with Gasteiger partial charge in [0.1, 0.15) is 23.9 Å². The van der Waals surface area contributed by atoms with Crippen molar-refractivity contribution in [2.24, 2.45) is 16.7 Å². The van der Waals surface area contributed by atoms with Gasteiger partial charge in [0.25, 0.3) is 5.91 Å². The minimum atomic E-state index is -2.39. The fraction of sp³-hybridized carbons (Fsp3) is 0.556. The summed E-state index contributed by atoms with van der Waals surface area (Å²) in [6.07, 6.45) is -10.9. The molecule has 3 aliphatic carbocycles. The maximum absolute atomic E-state index is 15.5. The number of epoxide rings is 1. The van der Waals surface area contributed by atoms with Crippen LogP contribution in [0.1, 0.15) is 90.2 Å². The standard InChI is InChI=1S/C45H53NO15/c1-22-28(58-39(53)33(50)32(26-15-11-9-12-16-26)46-40(54)43(8)23(2)60-43)20-45(55)37(59-38(52)27-17-13-10-14-18-27)35-42(7,29(49)19-30-44(35,21-56-30)61-25(4)48)36(51)34(57-24(3)47)31(22)41(45,5)6/h9-18,23,28-30,32-35,37,49-50,55H,19-21H2,1-8H3,(H,46,54)/t23?,28-,29-,30+,32-,33+,34+,35-,37-,42+,43?,44-,45+/m0/s1. The molecule has 1 amide bonds. The van der Waals surface area contributed by atoms with E-state index < -0.39 is 124 Å². The van der Waals surface area contributed by atoms with Gasteiger partial charge in [0, 0.05) is 32.1 Å². The number of carbonyl (C=O) groups is 6. The molecule has 328 valence electrons. The van der Waals surface area contributed by atoms with Crippen LogP contribution in [0.5, 0.6) is 0 Å². The molecule has 5 aliphatic rings. The summed E-state index contributed by atoms with van der Waals surface area (Å²) in [5.41, 5.74) is -8.49. The van der Waals surface area contributed by atoms with Crippen LogP contribution in [-0.4, -0.2) is 117 Å². The highest BCUT2D eigenvalue weighted by molar-refractivity contribution is 5.96. The zero-order valence-corrected chi connectivity index (χ0v) is 35.3. The number of ketones is 1. The number of ether oxygens (including phenoxy) is 6. The van der Waals surface area contributed by atoms with Crippen molar-refractivity contribution in [2.75, 3.05) is 6.61 Å². The van der Waals surface area contributed by atoms with Crippen LogP contribution < -0.4 is 5.32 Å². The Labute approximate surface area is 352 Å². The van der Waals surface area contributed by atoms with Crippen molar-refractivity contribution >= 4 is 35.6 Å². The molecule has 4 fully saturated rings. The number of carbonyl (C=O) groups excluding carboxylic acids is 6. The monoisotopic (exact) mass is 847 g/mol. The van der Waals surface area contributed by atoms with Gasteiger partial charge in [-0.05, 0) is 56.5 Å². The van der Waals surface area contributed by atoms with Gasteiger partial charge in [-0.2, -0.15) is 0 Å². The summed E-state index contributed by atoms with van der Waals surface area (Å²) in [6, 6.07) is 14.7. The van der Waals surface area contributed by atoms with Gasteiger partial charge in [0.2, 0.25) is 0 Å². The molecule has 2 aromatic rings. The van der Waals surface area contributed by atoms with Crippen LogP contribution in [0.4, 0.5) is 0 Å². The van der Waals surface area contributed by atoms with E-state index in [4.69, 9.17) is 28.4 Å². The normalized spacial score (nSPS) is 36.8. The van der Waals surface area contributed by atoms with Crippen molar-refractivity contribution in [1.82, 2.24) is 5.32 Å². The molecule has 16 heteroatoms. The van der Waals surface area contributed by atoms with Crippen LogP contribution in [0.25, 0.3) is 0 Å². The molecule has 2 unspecified atom stereocenters. The molecule has 2 aromatic carbocycles. The van der Waals surface area contributed by atoms with Gasteiger partial charge in [-0.15, -0.1) is 0 Å². The number of aliphatic hydroxyl groups is 3. The number of rotatable bonds is 10. The van der Waals surface area contributed by atoms with Crippen molar-refractivity contribution in [3.05, 3.63) is 82.9 Å². The van der Waals surface area contributed by atoms with Crippen LogP contribution in [0.2, 0.25) is 0 Å². The number of amides is 1. The molecule has 2 aliphatic heterocycles. The third-order valence-electron chi connectivity index (χ3n) is 14.0. The lowest BCUT2D eigenvalue weighted by atomic mass is 9.44. The first-order valence-electron chi connectivity index (χ1n) is 20.4. The summed E-state index contributed by atoms with van der Waals surface area (Å²) in [5.74, 6) is -6.84. The van der Waals surface area contributed by atoms with Crippen LogP contribution in [-0.2, 0) is 52.4 Å². The number of benzene rings is 2. The molecule has 2 saturated carbocycles. The summed E-state index contributed by atoms with van der Waals surface area (Å²) < 4.78 is 35.7. The van der Waals surface area contributed by atoms with Crippen LogP contribution in [0.15, 0.2) is 71.8 Å².